The fourth-order valence-corrected chi connectivity index (χ4v) is 2.67. The van der Waals surface area contributed by atoms with Crippen molar-refractivity contribution < 1.29 is 4.79 Å². The van der Waals surface area contributed by atoms with Gasteiger partial charge in [-0.05, 0) is 37.8 Å². The van der Waals surface area contributed by atoms with E-state index in [1.165, 1.54) is 12.0 Å². The van der Waals surface area contributed by atoms with Crippen molar-refractivity contribution in [1.29, 1.82) is 0 Å². The molecular formula is C15H22N2O. The van der Waals surface area contributed by atoms with E-state index in [0.29, 0.717) is 12.5 Å². The first-order valence-corrected chi connectivity index (χ1v) is 6.78. The van der Waals surface area contributed by atoms with E-state index in [9.17, 15) is 4.79 Å². The topological polar surface area (TPSA) is 32.3 Å². The quantitative estimate of drug-likeness (QED) is 0.884. The zero-order valence-electron chi connectivity index (χ0n) is 11.1. The van der Waals surface area contributed by atoms with E-state index in [1.807, 2.05) is 11.9 Å². The lowest BCUT2D eigenvalue weighted by molar-refractivity contribution is -0.130. The second-order valence-electron chi connectivity index (χ2n) is 4.95. The lowest BCUT2D eigenvalue weighted by Gasteiger charge is -2.20. The molecule has 18 heavy (non-hydrogen) atoms. The van der Waals surface area contributed by atoms with E-state index in [4.69, 9.17) is 0 Å². The summed E-state index contributed by atoms with van der Waals surface area (Å²) in [5.74, 6) is 0.838. The van der Waals surface area contributed by atoms with Crippen molar-refractivity contribution in [3.63, 3.8) is 0 Å². The first-order valence-electron chi connectivity index (χ1n) is 6.78. The van der Waals surface area contributed by atoms with Crippen LogP contribution in [0.4, 0.5) is 0 Å². The smallest absolute Gasteiger partial charge is 0.236 e. The predicted molar refractivity (Wildman–Crippen MR) is 73.5 cm³/mol. The molecule has 1 atom stereocenters. The molecule has 3 heteroatoms. The predicted octanol–water partition coefficient (Wildman–Crippen LogP) is 2.00. The summed E-state index contributed by atoms with van der Waals surface area (Å²) in [5.41, 5.74) is 1.42. The number of amides is 1. The Bertz CT molecular complexity index is 377. The molecule has 0 aliphatic carbocycles. The monoisotopic (exact) mass is 246 g/mol. The van der Waals surface area contributed by atoms with E-state index in [1.54, 1.807) is 0 Å². The van der Waals surface area contributed by atoms with Gasteiger partial charge < -0.3 is 10.2 Å². The van der Waals surface area contributed by atoms with Crippen molar-refractivity contribution >= 4 is 5.91 Å². The van der Waals surface area contributed by atoms with Crippen molar-refractivity contribution in [3.05, 3.63) is 35.9 Å². The largest absolute Gasteiger partial charge is 0.342 e. The molecule has 1 heterocycles. The van der Waals surface area contributed by atoms with Crippen LogP contribution in [0.15, 0.2) is 30.3 Å². The molecule has 0 spiro atoms. The second kappa shape index (κ2) is 6.55. The third-order valence-corrected chi connectivity index (χ3v) is 3.68. The van der Waals surface area contributed by atoms with Gasteiger partial charge in [-0.25, -0.2) is 0 Å². The fourth-order valence-electron chi connectivity index (χ4n) is 2.67. The SMILES string of the molecule is CNCC(=O)N1CCCC(c2ccccc2)CC1. The van der Waals surface area contributed by atoms with E-state index < -0.39 is 0 Å². The number of benzene rings is 1. The summed E-state index contributed by atoms with van der Waals surface area (Å²) in [6.45, 7) is 2.25. The number of nitrogens with zero attached hydrogens (tertiary/aromatic N) is 1. The highest BCUT2D eigenvalue weighted by molar-refractivity contribution is 5.78. The highest BCUT2D eigenvalue weighted by Crippen LogP contribution is 2.27. The summed E-state index contributed by atoms with van der Waals surface area (Å²) in [5, 5.41) is 2.94. The summed E-state index contributed by atoms with van der Waals surface area (Å²) in [7, 11) is 1.82. The number of hydrogen-bond donors (Lipinski definition) is 1. The first-order chi connectivity index (χ1) is 8.81. The van der Waals surface area contributed by atoms with E-state index in [0.717, 1.165) is 25.9 Å². The first kappa shape index (κ1) is 13.1. The van der Waals surface area contributed by atoms with Crippen LogP contribution in [0.2, 0.25) is 0 Å². The molecule has 1 aliphatic heterocycles. The van der Waals surface area contributed by atoms with Gasteiger partial charge in [0.05, 0.1) is 6.54 Å². The Balaban J connectivity index is 1.94. The zero-order valence-corrected chi connectivity index (χ0v) is 11.1. The summed E-state index contributed by atoms with van der Waals surface area (Å²) < 4.78 is 0. The van der Waals surface area contributed by atoms with Crippen LogP contribution in [-0.4, -0.2) is 37.5 Å². The molecule has 1 aliphatic rings. The van der Waals surface area contributed by atoms with Crippen molar-refractivity contribution in [1.82, 2.24) is 10.2 Å². The molecule has 1 unspecified atom stereocenters. The molecule has 3 nitrogen and oxygen atoms in total. The van der Waals surface area contributed by atoms with Gasteiger partial charge in [0.15, 0.2) is 0 Å². The number of nitrogens with one attached hydrogen (secondary N) is 1. The zero-order chi connectivity index (χ0) is 12.8. The third-order valence-electron chi connectivity index (χ3n) is 3.68. The number of carbonyl (C=O) groups is 1. The number of likely N-dealkylation sites (N-methyl/N-ethyl adjacent to an activating group) is 1. The van der Waals surface area contributed by atoms with Gasteiger partial charge in [0.2, 0.25) is 5.91 Å². The molecule has 98 valence electrons. The van der Waals surface area contributed by atoms with E-state index in [2.05, 4.69) is 35.6 Å². The number of hydrogen-bond acceptors (Lipinski definition) is 2. The molecule has 1 aromatic rings. The van der Waals surface area contributed by atoms with Crippen molar-refractivity contribution in [2.24, 2.45) is 0 Å². The van der Waals surface area contributed by atoms with Gasteiger partial charge in [-0.2, -0.15) is 0 Å². The summed E-state index contributed by atoms with van der Waals surface area (Å²) in [6.07, 6.45) is 3.38. The molecule has 2 rings (SSSR count). The fraction of sp³-hybridized carbons (Fsp3) is 0.533. The van der Waals surface area contributed by atoms with Gasteiger partial charge in [0.1, 0.15) is 0 Å². The number of likely N-dealkylation sites (tertiary alicyclic amines) is 1. The van der Waals surface area contributed by atoms with Gasteiger partial charge in [-0.3, -0.25) is 4.79 Å². The summed E-state index contributed by atoms with van der Waals surface area (Å²) in [6, 6.07) is 10.7. The van der Waals surface area contributed by atoms with Crippen molar-refractivity contribution in [2.75, 3.05) is 26.7 Å². The minimum Gasteiger partial charge on any atom is -0.342 e. The maximum atomic E-state index is 11.9. The van der Waals surface area contributed by atoms with Gasteiger partial charge in [0.25, 0.3) is 0 Å². The van der Waals surface area contributed by atoms with Gasteiger partial charge >= 0.3 is 0 Å². The summed E-state index contributed by atoms with van der Waals surface area (Å²) >= 11 is 0. The highest BCUT2D eigenvalue weighted by Gasteiger charge is 2.20. The van der Waals surface area contributed by atoms with Crippen LogP contribution in [0.25, 0.3) is 0 Å². The molecular weight excluding hydrogens is 224 g/mol. The van der Waals surface area contributed by atoms with Crippen molar-refractivity contribution in [3.8, 4) is 0 Å². The lowest BCUT2D eigenvalue weighted by atomic mass is 9.92. The number of rotatable bonds is 3. The summed E-state index contributed by atoms with van der Waals surface area (Å²) in [4.78, 5) is 13.9. The Morgan fingerprint density at radius 3 is 2.78 bits per heavy atom. The van der Waals surface area contributed by atoms with Gasteiger partial charge in [-0.1, -0.05) is 30.3 Å². The van der Waals surface area contributed by atoms with E-state index >= 15 is 0 Å². The minimum absolute atomic E-state index is 0.228. The molecule has 1 saturated heterocycles. The molecule has 1 amide bonds. The Kier molecular flexibility index (Phi) is 4.76. The average Bonchev–Trinajstić information content (AvgIpc) is 2.66. The molecule has 1 aromatic carbocycles. The minimum atomic E-state index is 0.228. The van der Waals surface area contributed by atoms with Crippen LogP contribution in [0.1, 0.15) is 30.7 Å². The third kappa shape index (κ3) is 3.33. The Labute approximate surface area is 109 Å². The molecule has 0 saturated carbocycles. The standard InChI is InChI=1S/C15H22N2O/c1-16-12-15(18)17-10-5-8-14(9-11-17)13-6-3-2-4-7-13/h2-4,6-7,14,16H,5,8-12H2,1H3. The second-order valence-corrected chi connectivity index (χ2v) is 4.95. The van der Waals surface area contributed by atoms with Crippen LogP contribution < -0.4 is 5.32 Å². The maximum absolute atomic E-state index is 11.9. The Morgan fingerprint density at radius 2 is 2.06 bits per heavy atom. The van der Waals surface area contributed by atoms with E-state index in [-0.39, 0.29) is 5.91 Å². The molecule has 0 bridgehead atoms. The Hall–Kier alpha value is -1.35. The van der Waals surface area contributed by atoms with Crippen LogP contribution in [-0.2, 0) is 4.79 Å². The van der Waals surface area contributed by atoms with Crippen molar-refractivity contribution in [2.45, 2.75) is 25.2 Å². The van der Waals surface area contributed by atoms with Crippen LogP contribution in [0.5, 0.6) is 0 Å². The van der Waals surface area contributed by atoms with Crippen LogP contribution in [0.3, 0.4) is 0 Å². The molecule has 0 radical (unpaired) electrons. The number of carbonyl (C=O) groups excluding carboxylic acids is 1. The molecule has 1 N–H and O–H groups in total. The average molecular weight is 246 g/mol. The lowest BCUT2D eigenvalue weighted by Crippen LogP contribution is -2.37. The normalized spacial score (nSPS) is 20.5. The molecule has 0 aromatic heterocycles. The van der Waals surface area contributed by atoms with Gasteiger partial charge in [0, 0.05) is 13.1 Å². The highest BCUT2D eigenvalue weighted by atomic mass is 16.2. The van der Waals surface area contributed by atoms with Crippen LogP contribution >= 0.6 is 0 Å². The molecule has 1 fully saturated rings. The maximum Gasteiger partial charge on any atom is 0.236 e. The van der Waals surface area contributed by atoms with Gasteiger partial charge in [-0.15, -0.1) is 0 Å². The van der Waals surface area contributed by atoms with Crippen LogP contribution in [0, 0.1) is 0 Å². The Morgan fingerprint density at radius 1 is 1.28 bits per heavy atom.